The normalized spacial score (nSPS) is 24.3. The largest absolute Gasteiger partial charge is 0.303 e. The van der Waals surface area contributed by atoms with Gasteiger partial charge in [0.25, 0.3) is 0 Å². The summed E-state index contributed by atoms with van der Waals surface area (Å²) < 4.78 is 0. The molecule has 0 saturated carbocycles. The van der Waals surface area contributed by atoms with E-state index in [1.54, 1.807) is 0 Å². The third-order valence-electron chi connectivity index (χ3n) is 4.06. The lowest BCUT2D eigenvalue weighted by Crippen LogP contribution is -2.38. The van der Waals surface area contributed by atoms with Crippen LogP contribution in [-0.2, 0) is 0 Å². The van der Waals surface area contributed by atoms with Crippen LogP contribution in [0.15, 0.2) is 12.2 Å². The maximum absolute atomic E-state index is 5.78. The molecular formula is C14H25ClN2. The van der Waals surface area contributed by atoms with Crippen molar-refractivity contribution >= 4 is 11.6 Å². The van der Waals surface area contributed by atoms with Crippen molar-refractivity contribution in [2.24, 2.45) is 5.92 Å². The van der Waals surface area contributed by atoms with Crippen LogP contribution < -0.4 is 0 Å². The van der Waals surface area contributed by atoms with Crippen molar-refractivity contribution in [3.05, 3.63) is 12.2 Å². The number of halogens is 1. The number of alkyl halides is 1. The van der Waals surface area contributed by atoms with E-state index in [1.165, 1.54) is 58.4 Å². The molecule has 0 aliphatic carbocycles. The molecule has 0 N–H and O–H groups in total. The molecule has 2 saturated heterocycles. The summed E-state index contributed by atoms with van der Waals surface area (Å²) in [5.41, 5.74) is 1.16. The van der Waals surface area contributed by atoms with E-state index in [9.17, 15) is 0 Å². The molecule has 2 rings (SSSR count). The lowest BCUT2D eigenvalue weighted by molar-refractivity contribution is 0.162. The van der Waals surface area contributed by atoms with Gasteiger partial charge in [0.15, 0.2) is 0 Å². The maximum Gasteiger partial charge on any atom is 0.0443 e. The highest BCUT2D eigenvalue weighted by molar-refractivity contribution is 6.19. The second kappa shape index (κ2) is 6.77. The van der Waals surface area contributed by atoms with Crippen LogP contribution in [0.5, 0.6) is 0 Å². The summed E-state index contributed by atoms with van der Waals surface area (Å²) in [6.45, 7) is 11.5. The van der Waals surface area contributed by atoms with E-state index in [0.717, 1.165) is 18.0 Å². The molecule has 0 radical (unpaired) electrons. The molecule has 0 aromatic carbocycles. The van der Waals surface area contributed by atoms with E-state index in [0.29, 0.717) is 5.88 Å². The summed E-state index contributed by atoms with van der Waals surface area (Å²) in [4.78, 5) is 5.16. The van der Waals surface area contributed by atoms with Gasteiger partial charge in [0, 0.05) is 19.0 Å². The van der Waals surface area contributed by atoms with E-state index in [-0.39, 0.29) is 0 Å². The first-order valence-corrected chi connectivity index (χ1v) is 7.48. The molecule has 0 bridgehead atoms. The molecule has 0 aromatic heterocycles. The first kappa shape index (κ1) is 13.4. The zero-order chi connectivity index (χ0) is 12.1. The van der Waals surface area contributed by atoms with Crippen LogP contribution in [0.25, 0.3) is 0 Å². The summed E-state index contributed by atoms with van der Waals surface area (Å²) >= 11 is 5.78. The molecule has 98 valence electrons. The Morgan fingerprint density at radius 1 is 1.06 bits per heavy atom. The van der Waals surface area contributed by atoms with Gasteiger partial charge in [-0.05, 0) is 63.4 Å². The molecule has 0 amide bonds. The number of rotatable bonds is 5. The van der Waals surface area contributed by atoms with Crippen LogP contribution in [0.2, 0.25) is 0 Å². The molecule has 2 aliphatic rings. The topological polar surface area (TPSA) is 6.48 Å². The fourth-order valence-electron chi connectivity index (χ4n) is 3.02. The van der Waals surface area contributed by atoms with Gasteiger partial charge in [0.1, 0.15) is 0 Å². The van der Waals surface area contributed by atoms with Gasteiger partial charge in [0.2, 0.25) is 0 Å². The Bertz CT molecular complexity index is 241. The molecule has 0 spiro atoms. The number of likely N-dealkylation sites (tertiary alicyclic amines) is 2. The average Bonchev–Trinajstić information content (AvgIpc) is 2.84. The van der Waals surface area contributed by atoms with Crippen molar-refractivity contribution in [2.45, 2.75) is 25.7 Å². The summed E-state index contributed by atoms with van der Waals surface area (Å²) in [6, 6.07) is 0. The van der Waals surface area contributed by atoms with E-state index in [2.05, 4.69) is 16.4 Å². The zero-order valence-electron chi connectivity index (χ0n) is 10.8. The quantitative estimate of drug-likeness (QED) is 0.551. The number of hydrogen-bond donors (Lipinski definition) is 0. The minimum Gasteiger partial charge on any atom is -0.303 e. The summed E-state index contributed by atoms with van der Waals surface area (Å²) in [5.74, 6) is 1.53. The average molecular weight is 257 g/mol. The molecule has 17 heavy (non-hydrogen) atoms. The van der Waals surface area contributed by atoms with Crippen LogP contribution in [-0.4, -0.2) is 54.9 Å². The van der Waals surface area contributed by atoms with E-state index < -0.39 is 0 Å². The van der Waals surface area contributed by atoms with E-state index in [4.69, 9.17) is 11.6 Å². The van der Waals surface area contributed by atoms with Gasteiger partial charge in [-0.25, -0.2) is 0 Å². The molecule has 3 heteroatoms. The Balaban J connectivity index is 1.65. The Morgan fingerprint density at radius 2 is 1.71 bits per heavy atom. The molecule has 0 atom stereocenters. The van der Waals surface area contributed by atoms with Crippen molar-refractivity contribution in [3.63, 3.8) is 0 Å². The lowest BCUT2D eigenvalue weighted by atomic mass is 9.96. The van der Waals surface area contributed by atoms with Gasteiger partial charge in [-0.2, -0.15) is 0 Å². The molecule has 0 unspecified atom stereocenters. The van der Waals surface area contributed by atoms with Crippen molar-refractivity contribution in [1.29, 1.82) is 0 Å². The smallest absolute Gasteiger partial charge is 0.0443 e. The molecule has 2 fully saturated rings. The Hall–Kier alpha value is -0.0500. The van der Waals surface area contributed by atoms with Crippen molar-refractivity contribution in [1.82, 2.24) is 9.80 Å². The van der Waals surface area contributed by atoms with Crippen LogP contribution in [0.4, 0.5) is 0 Å². The highest BCUT2D eigenvalue weighted by Crippen LogP contribution is 2.21. The van der Waals surface area contributed by atoms with Gasteiger partial charge >= 0.3 is 0 Å². The Labute approximate surface area is 111 Å². The maximum atomic E-state index is 5.78. The first-order valence-electron chi connectivity index (χ1n) is 6.95. The Kier molecular flexibility index (Phi) is 5.33. The fourth-order valence-corrected chi connectivity index (χ4v) is 3.10. The summed E-state index contributed by atoms with van der Waals surface area (Å²) in [7, 11) is 0. The monoisotopic (exact) mass is 256 g/mol. The van der Waals surface area contributed by atoms with Crippen LogP contribution >= 0.6 is 11.6 Å². The van der Waals surface area contributed by atoms with Gasteiger partial charge in [-0.3, -0.25) is 4.90 Å². The third-order valence-corrected chi connectivity index (χ3v) is 4.44. The van der Waals surface area contributed by atoms with Gasteiger partial charge in [0.05, 0.1) is 0 Å². The van der Waals surface area contributed by atoms with E-state index >= 15 is 0 Å². The van der Waals surface area contributed by atoms with Crippen LogP contribution in [0, 0.1) is 5.92 Å². The predicted molar refractivity (Wildman–Crippen MR) is 74.7 cm³/mol. The number of hydrogen-bond acceptors (Lipinski definition) is 2. The third kappa shape index (κ3) is 4.27. The van der Waals surface area contributed by atoms with Crippen molar-refractivity contribution < 1.29 is 0 Å². The number of nitrogens with zero attached hydrogens (tertiary/aromatic N) is 2. The predicted octanol–water partition coefficient (Wildman–Crippen LogP) is 2.59. The summed E-state index contributed by atoms with van der Waals surface area (Å²) in [6.07, 6.45) is 5.53. The van der Waals surface area contributed by atoms with Crippen molar-refractivity contribution in [2.75, 3.05) is 45.1 Å². The second-order valence-corrected chi connectivity index (χ2v) is 5.88. The van der Waals surface area contributed by atoms with Crippen LogP contribution in [0.1, 0.15) is 25.7 Å². The Morgan fingerprint density at radius 3 is 2.29 bits per heavy atom. The molecular weight excluding hydrogens is 232 g/mol. The first-order chi connectivity index (χ1) is 8.28. The lowest BCUT2D eigenvalue weighted by Gasteiger charge is -2.34. The van der Waals surface area contributed by atoms with Gasteiger partial charge in [-0.15, -0.1) is 11.6 Å². The highest BCUT2D eigenvalue weighted by Gasteiger charge is 2.22. The second-order valence-electron chi connectivity index (χ2n) is 5.61. The SMILES string of the molecule is C=C(CCl)CN1CCC(CN2CCCC2)CC1. The molecule has 2 heterocycles. The minimum absolute atomic E-state index is 0.605. The van der Waals surface area contributed by atoms with Crippen molar-refractivity contribution in [3.8, 4) is 0 Å². The van der Waals surface area contributed by atoms with Gasteiger partial charge in [-0.1, -0.05) is 6.58 Å². The number of piperidine rings is 1. The minimum atomic E-state index is 0.605. The van der Waals surface area contributed by atoms with Crippen LogP contribution in [0.3, 0.4) is 0 Å². The summed E-state index contributed by atoms with van der Waals surface area (Å²) in [5, 5.41) is 0. The standard InChI is InChI=1S/C14H25ClN2/c1-13(10-15)11-17-8-4-14(5-9-17)12-16-6-2-3-7-16/h14H,1-12H2. The highest BCUT2D eigenvalue weighted by atomic mass is 35.5. The fraction of sp³-hybridized carbons (Fsp3) is 0.857. The van der Waals surface area contributed by atoms with E-state index in [1.807, 2.05) is 0 Å². The molecule has 2 nitrogen and oxygen atoms in total. The molecule has 2 aliphatic heterocycles. The van der Waals surface area contributed by atoms with Gasteiger partial charge < -0.3 is 4.90 Å². The zero-order valence-corrected chi connectivity index (χ0v) is 11.6. The molecule has 0 aromatic rings.